The fourth-order valence-corrected chi connectivity index (χ4v) is 1.17. The summed E-state index contributed by atoms with van der Waals surface area (Å²) in [5.74, 6) is 0.127. The van der Waals surface area contributed by atoms with Crippen LogP contribution in [0.15, 0.2) is 0 Å². The monoisotopic (exact) mass is 170 g/mol. The molecule has 1 amide bonds. The van der Waals surface area contributed by atoms with Crippen molar-refractivity contribution >= 4 is 5.91 Å². The van der Waals surface area contributed by atoms with Gasteiger partial charge in [-0.3, -0.25) is 4.79 Å². The zero-order chi connectivity index (χ0) is 9.19. The van der Waals surface area contributed by atoms with Crippen molar-refractivity contribution in [1.82, 2.24) is 5.32 Å². The topological polar surface area (TPSA) is 55.1 Å². The largest absolute Gasteiger partial charge is 0.354 e. The molecule has 3 nitrogen and oxygen atoms in total. The Morgan fingerprint density at radius 1 is 1.58 bits per heavy atom. The van der Waals surface area contributed by atoms with Crippen LogP contribution in [0.3, 0.4) is 0 Å². The van der Waals surface area contributed by atoms with E-state index >= 15 is 0 Å². The number of rotatable bonds is 4. The maximum absolute atomic E-state index is 11.2. The molecule has 3 N–H and O–H groups in total. The number of hydrogen-bond acceptors (Lipinski definition) is 2. The minimum absolute atomic E-state index is 0.00825. The molecule has 12 heavy (non-hydrogen) atoms. The Balaban J connectivity index is 2.10. The molecule has 1 rings (SSSR count). The smallest absolute Gasteiger partial charge is 0.220 e. The lowest BCUT2D eigenvalue weighted by Gasteiger charge is -2.10. The second-order valence-electron chi connectivity index (χ2n) is 4.08. The maximum atomic E-state index is 11.2. The van der Waals surface area contributed by atoms with E-state index in [0.29, 0.717) is 6.42 Å². The van der Waals surface area contributed by atoms with Crippen molar-refractivity contribution < 1.29 is 4.79 Å². The summed E-state index contributed by atoms with van der Waals surface area (Å²) in [5.41, 5.74) is 5.85. The van der Waals surface area contributed by atoms with Crippen molar-refractivity contribution in [3.63, 3.8) is 0 Å². The molecule has 1 aliphatic carbocycles. The SMILES string of the molecule is CC(C)NC(=O)CCC1(N)CC1. The van der Waals surface area contributed by atoms with Gasteiger partial charge in [-0.25, -0.2) is 0 Å². The van der Waals surface area contributed by atoms with Crippen LogP contribution in [0.2, 0.25) is 0 Å². The normalized spacial score (nSPS) is 19.3. The van der Waals surface area contributed by atoms with Crippen LogP contribution in [0.1, 0.15) is 39.5 Å². The van der Waals surface area contributed by atoms with Crippen LogP contribution in [0.5, 0.6) is 0 Å². The van der Waals surface area contributed by atoms with Crippen molar-refractivity contribution in [2.75, 3.05) is 0 Å². The highest BCUT2D eigenvalue weighted by molar-refractivity contribution is 5.76. The van der Waals surface area contributed by atoms with Gasteiger partial charge < -0.3 is 11.1 Å². The Labute approximate surface area is 73.7 Å². The first-order valence-corrected chi connectivity index (χ1v) is 4.60. The molecule has 0 heterocycles. The fourth-order valence-electron chi connectivity index (χ4n) is 1.17. The van der Waals surface area contributed by atoms with E-state index in [2.05, 4.69) is 5.32 Å². The lowest BCUT2D eigenvalue weighted by Crippen LogP contribution is -2.32. The van der Waals surface area contributed by atoms with Crippen molar-refractivity contribution in [3.8, 4) is 0 Å². The molecule has 0 aliphatic heterocycles. The molecule has 0 saturated heterocycles. The van der Waals surface area contributed by atoms with Gasteiger partial charge in [0.2, 0.25) is 5.91 Å². The number of amides is 1. The third kappa shape index (κ3) is 3.22. The van der Waals surface area contributed by atoms with Crippen molar-refractivity contribution in [3.05, 3.63) is 0 Å². The Morgan fingerprint density at radius 2 is 2.17 bits per heavy atom. The zero-order valence-electron chi connectivity index (χ0n) is 7.89. The second-order valence-corrected chi connectivity index (χ2v) is 4.08. The first kappa shape index (κ1) is 9.52. The predicted molar refractivity (Wildman–Crippen MR) is 48.7 cm³/mol. The zero-order valence-corrected chi connectivity index (χ0v) is 7.89. The Hall–Kier alpha value is -0.570. The molecule has 0 aromatic carbocycles. The molecule has 1 saturated carbocycles. The summed E-state index contributed by atoms with van der Waals surface area (Å²) in [7, 11) is 0. The number of nitrogens with two attached hydrogens (primary N) is 1. The highest BCUT2D eigenvalue weighted by Gasteiger charge is 2.37. The highest BCUT2D eigenvalue weighted by Crippen LogP contribution is 2.36. The van der Waals surface area contributed by atoms with Gasteiger partial charge in [0.05, 0.1) is 0 Å². The molecular weight excluding hydrogens is 152 g/mol. The van der Waals surface area contributed by atoms with E-state index < -0.39 is 0 Å². The molecule has 0 spiro atoms. The molecule has 0 atom stereocenters. The first-order valence-electron chi connectivity index (χ1n) is 4.60. The van der Waals surface area contributed by atoms with Crippen LogP contribution in [-0.4, -0.2) is 17.5 Å². The minimum atomic E-state index is 0.00825. The van der Waals surface area contributed by atoms with Crippen molar-refractivity contribution in [2.45, 2.75) is 51.1 Å². The van der Waals surface area contributed by atoms with Crippen LogP contribution in [0, 0.1) is 0 Å². The summed E-state index contributed by atoms with van der Waals surface area (Å²) in [5, 5.41) is 2.85. The Morgan fingerprint density at radius 3 is 2.58 bits per heavy atom. The predicted octanol–water partition coefficient (Wildman–Crippen LogP) is 0.782. The van der Waals surface area contributed by atoms with E-state index in [9.17, 15) is 4.79 Å². The number of carbonyl (C=O) groups excluding carboxylic acids is 1. The van der Waals surface area contributed by atoms with Crippen LogP contribution in [0.4, 0.5) is 0 Å². The minimum Gasteiger partial charge on any atom is -0.354 e. The molecule has 0 unspecified atom stereocenters. The molecule has 0 aromatic rings. The van der Waals surface area contributed by atoms with E-state index in [0.717, 1.165) is 19.3 Å². The average Bonchev–Trinajstić information content (AvgIpc) is 2.64. The van der Waals surface area contributed by atoms with Gasteiger partial charge in [0, 0.05) is 18.0 Å². The summed E-state index contributed by atoms with van der Waals surface area (Å²) in [6.07, 6.45) is 3.59. The molecule has 1 fully saturated rings. The van der Waals surface area contributed by atoms with Gasteiger partial charge in [0.15, 0.2) is 0 Å². The maximum Gasteiger partial charge on any atom is 0.220 e. The number of hydrogen-bond donors (Lipinski definition) is 2. The third-order valence-corrected chi connectivity index (χ3v) is 2.19. The Kier molecular flexibility index (Phi) is 2.73. The number of nitrogens with one attached hydrogen (secondary N) is 1. The van der Waals surface area contributed by atoms with Crippen molar-refractivity contribution in [1.29, 1.82) is 0 Å². The van der Waals surface area contributed by atoms with Gasteiger partial charge in [0.1, 0.15) is 0 Å². The van der Waals surface area contributed by atoms with Gasteiger partial charge >= 0.3 is 0 Å². The summed E-state index contributed by atoms with van der Waals surface area (Å²) in [4.78, 5) is 11.2. The Bertz CT molecular complexity index is 173. The van der Waals surface area contributed by atoms with Crippen LogP contribution in [-0.2, 0) is 4.79 Å². The van der Waals surface area contributed by atoms with Gasteiger partial charge in [-0.1, -0.05) is 0 Å². The quantitative estimate of drug-likeness (QED) is 0.655. The molecule has 0 radical (unpaired) electrons. The van der Waals surface area contributed by atoms with E-state index in [4.69, 9.17) is 5.73 Å². The summed E-state index contributed by atoms with van der Waals surface area (Å²) in [6.45, 7) is 3.93. The second kappa shape index (κ2) is 3.44. The van der Waals surface area contributed by atoms with Gasteiger partial charge in [-0.15, -0.1) is 0 Å². The van der Waals surface area contributed by atoms with E-state index in [1.54, 1.807) is 0 Å². The standard InChI is InChI=1S/C9H18N2O/c1-7(2)11-8(12)3-4-9(10)5-6-9/h7H,3-6,10H2,1-2H3,(H,11,12). The first-order chi connectivity index (χ1) is 5.52. The summed E-state index contributed by atoms with van der Waals surface area (Å²) < 4.78 is 0. The van der Waals surface area contributed by atoms with Gasteiger partial charge in [-0.2, -0.15) is 0 Å². The molecule has 70 valence electrons. The van der Waals surface area contributed by atoms with Crippen LogP contribution < -0.4 is 11.1 Å². The fraction of sp³-hybridized carbons (Fsp3) is 0.889. The van der Waals surface area contributed by atoms with E-state index in [-0.39, 0.29) is 17.5 Å². The molecule has 3 heteroatoms. The lowest BCUT2D eigenvalue weighted by atomic mass is 10.1. The molecule has 1 aliphatic rings. The van der Waals surface area contributed by atoms with Gasteiger partial charge in [0.25, 0.3) is 0 Å². The summed E-state index contributed by atoms with van der Waals surface area (Å²) in [6, 6.07) is 0.241. The lowest BCUT2D eigenvalue weighted by molar-refractivity contribution is -0.121. The average molecular weight is 170 g/mol. The number of carbonyl (C=O) groups is 1. The molecule has 0 bridgehead atoms. The van der Waals surface area contributed by atoms with Crippen LogP contribution >= 0.6 is 0 Å². The van der Waals surface area contributed by atoms with E-state index in [1.165, 1.54) is 0 Å². The highest BCUT2D eigenvalue weighted by atomic mass is 16.1. The molecular formula is C9H18N2O. The van der Waals surface area contributed by atoms with Crippen molar-refractivity contribution in [2.24, 2.45) is 5.73 Å². The van der Waals surface area contributed by atoms with Gasteiger partial charge in [-0.05, 0) is 33.1 Å². The van der Waals surface area contributed by atoms with Crippen LogP contribution in [0.25, 0.3) is 0 Å². The third-order valence-electron chi connectivity index (χ3n) is 2.19. The molecule has 0 aromatic heterocycles. The summed E-state index contributed by atoms with van der Waals surface area (Å²) >= 11 is 0. The van der Waals surface area contributed by atoms with E-state index in [1.807, 2.05) is 13.8 Å².